The van der Waals surface area contributed by atoms with Crippen molar-refractivity contribution in [1.29, 1.82) is 0 Å². The molecule has 0 spiro atoms. The zero-order chi connectivity index (χ0) is 12.3. The van der Waals surface area contributed by atoms with Gasteiger partial charge in [-0.3, -0.25) is 0 Å². The first kappa shape index (κ1) is 12.0. The van der Waals surface area contributed by atoms with E-state index >= 15 is 0 Å². The van der Waals surface area contributed by atoms with Crippen LogP contribution in [0.2, 0.25) is 0 Å². The predicted octanol–water partition coefficient (Wildman–Crippen LogP) is 3.22. The summed E-state index contributed by atoms with van der Waals surface area (Å²) in [6.07, 6.45) is 0. The van der Waals surface area contributed by atoms with Gasteiger partial charge < -0.3 is 4.18 Å². The summed E-state index contributed by atoms with van der Waals surface area (Å²) < 4.78 is 25.9. The van der Waals surface area contributed by atoms with Crippen LogP contribution in [-0.2, 0) is 9.33 Å². The topological polar surface area (TPSA) is 43.4 Å². The summed E-state index contributed by atoms with van der Waals surface area (Å²) >= 11 is 0. The first-order valence-electron chi connectivity index (χ1n) is 4.84. The van der Waals surface area contributed by atoms with Crippen molar-refractivity contribution in [2.24, 2.45) is 0 Å². The highest BCUT2D eigenvalue weighted by molar-refractivity contribution is 8.10. The molecule has 0 aliphatic rings. The minimum atomic E-state index is -3.98. The Bertz CT molecular complexity index is 591. The third-order valence-electron chi connectivity index (χ3n) is 2.16. The van der Waals surface area contributed by atoms with Crippen molar-refractivity contribution in [1.82, 2.24) is 0 Å². The fourth-order valence-corrected chi connectivity index (χ4v) is 2.01. The van der Waals surface area contributed by atoms with Crippen LogP contribution < -0.4 is 4.18 Å². The number of hydrogen-bond acceptors (Lipinski definition) is 3. The van der Waals surface area contributed by atoms with Crippen molar-refractivity contribution in [2.45, 2.75) is 0 Å². The quantitative estimate of drug-likeness (QED) is 0.803. The molecule has 0 N–H and O–H groups in total. The van der Waals surface area contributed by atoms with Gasteiger partial charge in [0.05, 0.1) is 10.7 Å². The fourth-order valence-electron chi connectivity index (χ4n) is 1.45. The van der Waals surface area contributed by atoms with E-state index in [1.807, 2.05) is 30.3 Å². The normalized spacial score (nSPS) is 11.1. The van der Waals surface area contributed by atoms with Crippen molar-refractivity contribution in [3.63, 3.8) is 0 Å². The van der Waals surface area contributed by atoms with Gasteiger partial charge >= 0.3 is 9.33 Å². The molecule has 0 atom stereocenters. The third kappa shape index (κ3) is 3.47. The summed E-state index contributed by atoms with van der Waals surface area (Å²) in [5.74, 6) is 0.194. The Morgan fingerprint density at radius 1 is 0.824 bits per heavy atom. The zero-order valence-electron chi connectivity index (χ0n) is 8.71. The molecule has 88 valence electrons. The van der Waals surface area contributed by atoms with Crippen LogP contribution in [0.15, 0.2) is 54.6 Å². The maximum absolute atomic E-state index is 10.7. The van der Waals surface area contributed by atoms with Crippen LogP contribution in [0.25, 0.3) is 11.1 Å². The van der Waals surface area contributed by atoms with E-state index in [0.29, 0.717) is 0 Å². The maximum atomic E-state index is 10.7. The number of halogens is 1. The van der Waals surface area contributed by atoms with Gasteiger partial charge in [0.25, 0.3) is 0 Å². The first-order valence-corrected chi connectivity index (χ1v) is 7.07. The van der Waals surface area contributed by atoms with Gasteiger partial charge in [-0.05, 0) is 23.3 Å². The summed E-state index contributed by atoms with van der Waals surface area (Å²) in [7, 11) is 0.992. The molecule has 0 aliphatic heterocycles. The van der Waals surface area contributed by atoms with E-state index in [2.05, 4.69) is 4.18 Å². The molecule has 0 aromatic heterocycles. The minimum Gasteiger partial charge on any atom is -0.371 e. The fraction of sp³-hybridized carbons (Fsp3) is 0. The highest BCUT2D eigenvalue weighted by atomic mass is 35.7. The van der Waals surface area contributed by atoms with Crippen molar-refractivity contribution < 1.29 is 12.6 Å². The Kier molecular flexibility index (Phi) is 3.36. The largest absolute Gasteiger partial charge is 0.401 e. The molecule has 0 unspecified atom stereocenters. The molecule has 0 amide bonds. The average Bonchev–Trinajstić information content (AvgIpc) is 2.29. The van der Waals surface area contributed by atoms with Gasteiger partial charge in [-0.2, -0.15) is 8.42 Å². The molecule has 0 radical (unpaired) electrons. The second kappa shape index (κ2) is 4.77. The highest BCUT2D eigenvalue weighted by Crippen LogP contribution is 2.23. The molecule has 2 aromatic rings. The van der Waals surface area contributed by atoms with Gasteiger partial charge in [0.15, 0.2) is 0 Å². The van der Waals surface area contributed by atoms with Crippen LogP contribution in [0.1, 0.15) is 0 Å². The Morgan fingerprint density at radius 3 is 1.88 bits per heavy atom. The zero-order valence-corrected chi connectivity index (χ0v) is 10.3. The van der Waals surface area contributed by atoms with Crippen LogP contribution in [0.3, 0.4) is 0 Å². The number of benzene rings is 2. The summed E-state index contributed by atoms with van der Waals surface area (Å²) in [6, 6.07) is 16.4. The van der Waals surface area contributed by atoms with Crippen molar-refractivity contribution >= 4 is 20.0 Å². The van der Waals surface area contributed by atoms with Crippen LogP contribution in [0.5, 0.6) is 5.75 Å². The van der Waals surface area contributed by atoms with E-state index in [-0.39, 0.29) is 5.75 Å². The third-order valence-corrected chi connectivity index (χ3v) is 2.74. The lowest BCUT2D eigenvalue weighted by molar-refractivity contribution is 0.503. The molecule has 0 saturated carbocycles. The Labute approximate surface area is 104 Å². The SMILES string of the molecule is O=S(=O)(Cl)Oc1ccc(-c2ccccc2)cc1. The van der Waals surface area contributed by atoms with Gasteiger partial charge in [0, 0.05) is 0 Å². The molecule has 5 heteroatoms. The molecule has 0 fully saturated rings. The molecule has 0 bridgehead atoms. The molecular weight excluding hydrogens is 260 g/mol. The van der Waals surface area contributed by atoms with E-state index < -0.39 is 9.33 Å². The lowest BCUT2D eigenvalue weighted by Gasteiger charge is -2.03. The lowest BCUT2D eigenvalue weighted by Crippen LogP contribution is -1.99. The number of hydrogen-bond donors (Lipinski definition) is 0. The van der Waals surface area contributed by atoms with Crippen LogP contribution in [0.4, 0.5) is 0 Å². The lowest BCUT2D eigenvalue weighted by atomic mass is 10.1. The molecule has 3 nitrogen and oxygen atoms in total. The molecule has 17 heavy (non-hydrogen) atoms. The second-order valence-electron chi connectivity index (χ2n) is 3.37. The van der Waals surface area contributed by atoms with E-state index in [0.717, 1.165) is 11.1 Å². The maximum Gasteiger partial charge on any atom is 0.401 e. The Hall–Kier alpha value is -1.52. The van der Waals surface area contributed by atoms with Crippen LogP contribution in [-0.4, -0.2) is 8.42 Å². The highest BCUT2D eigenvalue weighted by Gasteiger charge is 2.06. The van der Waals surface area contributed by atoms with Gasteiger partial charge in [-0.1, -0.05) is 42.5 Å². The average molecular weight is 269 g/mol. The van der Waals surface area contributed by atoms with E-state index in [1.165, 1.54) is 0 Å². The molecule has 0 heterocycles. The van der Waals surface area contributed by atoms with Gasteiger partial charge in [-0.15, -0.1) is 0 Å². The van der Waals surface area contributed by atoms with E-state index in [1.54, 1.807) is 24.3 Å². The monoisotopic (exact) mass is 268 g/mol. The minimum absolute atomic E-state index is 0.194. The molecule has 2 aromatic carbocycles. The van der Waals surface area contributed by atoms with Crippen LogP contribution >= 0.6 is 10.7 Å². The first-order chi connectivity index (χ1) is 8.04. The summed E-state index contributed by atoms with van der Waals surface area (Å²) in [5, 5.41) is 0. The Balaban J connectivity index is 2.25. The van der Waals surface area contributed by atoms with Gasteiger partial charge in [0.2, 0.25) is 0 Å². The van der Waals surface area contributed by atoms with E-state index in [4.69, 9.17) is 10.7 Å². The molecule has 0 aliphatic carbocycles. The van der Waals surface area contributed by atoms with E-state index in [9.17, 15) is 8.42 Å². The van der Waals surface area contributed by atoms with Crippen molar-refractivity contribution in [3.8, 4) is 16.9 Å². The summed E-state index contributed by atoms with van der Waals surface area (Å²) in [4.78, 5) is 0. The molecular formula is C12H9ClO3S. The molecule has 0 saturated heterocycles. The van der Waals surface area contributed by atoms with Gasteiger partial charge in [-0.25, -0.2) is 0 Å². The summed E-state index contributed by atoms with van der Waals surface area (Å²) in [6.45, 7) is 0. The predicted molar refractivity (Wildman–Crippen MR) is 67.3 cm³/mol. The molecule has 2 rings (SSSR count). The van der Waals surface area contributed by atoms with Crippen molar-refractivity contribution in [2.75, 3.05) is 0 Å². The van der Waals surface area contributed by atoms with Crippen molar-refractivity contribution in [3.05, 3.63) is 54.6 Å². The smallest absolute Gasteiger partial charge is 0.371 e. The van der Waals surface area contributed by atoms with Gasteiger partial charge in [0.1, 0.15) is 5.75 Å². The summed E-state index contributed by atoms with van der Waals surface area (Å²) in [5.41, 5.74) is 2.03. The number of rotatable bonds is 3. The standard InChI is InChI=1S/C12H9ClO3S/c13-17(14,15)16-12-8-6-11(7-9-12)10-4-2-1-3-5-10/h1-9H. The second-order valence-corrected chi connectivity index (χ2v) is 5.45. The Morgan fingerprint density at radius 2 is 1.35 bits per heavy atom. The van der Waals surface area contributed by atoms with Crippen LogP contribution in [0, 0.1) is 0 Å².